The summed E-state index contributed by atoms with van der Waals surface area (Å²) < 4.78 is 45.4. The van der Waals surface area contributed by atoms with Crippen LogP contribution >= 0.6 is 0 Å². The summed E-state index contributed by atoms with van der Waals surface area (Å²) in [6, 6.07) is 3.79. The normalized spacial score (nSPS) is 16.6. The SMILES string of the molecule is Nc1cccc(F)c1S(=O)(=O)NCCOC1CCCC1. The van der Waals surface area contributed by atoms with Gasteiger partial charge in [-0.25, -0.2) is 17.5 Å². The average Bonchev–Trinajstić information content (AvgIpc) is 2.87. The summed E-state index contributed by atoms with van der Waals surface area (Å²) in [6.45, 7) is 0.380. The minimum atomic E-state index is -3.95. The van der Waals surface area contributed by atoms with Gasteiger partial charge in [0.1, 0.15) is 10.7 Å². The maximum Gasteiger partial charge on any atom is 0.245 e. The zero-order valence-corrected chi connectivity index (χ0v) is 12.0. The molecule has 1 aliphatic carbocycles. The van der Waals surface area contributed by atoms with E-state index >= 15 is 0 Å². The van der Waals surface area contributed by atoms with Gasteiger partial charge in [0.05, 0.1) is 18.4 Å². The number of nitrogen functional groups attached to an aromatic ring is 1. The molecule has 0 unspecified atom stereocenters. The molecule has 0 saturated heterocycles. The van der Waals surface area contributed by atoms with Crippen molar-refractivity contribution in [2.45, 2.75) is 36.7 Å². The molecule has 1 aliphatic rings. The first-order valence-electron chi connectivity index (χ1n) is 6.66. The zero-order valence-electron chi connectivity index (χ0n) is 11.1. The molecular formula is C13H19FN2O3S. The molecule has 3 N–H and O–H groups in total. The molecule has 1 saturated carbocycles. The Morgan fingerprint density at radius 3 is 2.70 bits per heavy atom. The highest BCUT2D eigenvalue weighted by Gasteiger charge is 2.22. The number of halogens is 1. The van der Waals surface area contributed by atoms with Crippen molar-refractivity contribution >= 4 is 15.7 Å². The van der Waals surface area contributed by atoms with Gasteiger partial charge in [0.25, 0.3) is 0 Å². The highest BCUT2D eigenvalue weighted by Crippen LogP contribution is 2.22. The monoisotopic (exact) mass is 302 g/mol. The van der Waals surface area contributed by atoms with Crippen molar-refractivity contribution in [3.63, 3.8) is 0 Å². The lowest BCUT2D eigenvalue weighted by atomic mass is 10.3. The van der Waals surface area contributed by atoms with Gasteiger partial charge in [-0.2, -0.15) is 0 Å². The Bertz CT molecular complexity index is 536. The van der Waals surface area contributed by atoms with Gasteiger partial charge in [0.15, 0.2) is 0 Å². The fourth-order valence-corrected chi connectivity index (χ4v) is 3.54. The molecule has 0 aromatic heterocycles. The number of anilines is 1. The van der Waals surface area contributed by atoms with Gasteiger partial charge in [0.2, 0.25) is 10.0 Å². The van der Waals surface area contributed by atoms with Crippen LogP contribution in [0.15, 0.2) is 23.1 Å². The van der Waals surface area contributed by atoms with E-state index in [1.807, 2.05) is 0 Å². The third-order valence-corrected chi connectivity index (χ3v) is 4.87. The Morgan fingerprint density at radius 2 is 2.05 bits per heavy atom. The smallest absolute Gasteiger partial charge is 0.245 e. The van der Waals surface area contributed by atoms with Crippen molar-refractivity contribution in [1.29, 1.82) is 0 Å². The summed E-state index contributed by atoms with van der Waals surface area (Å²) in [6.07, 6.45) is 4.57. The van der Waals surface area contributed by atoms with Crippen LogP contribution in [0.4, 0.5) is 10.1 Å². The van der Waals surface area contributed by atoms with Crippen LogP contribution in [-0.4, -0.2) is 27.7 Å². The Kier molecular flexibility index (Phi) is 4.95. The molecule has 2 rings (SSSR count). The van der Waals surface area contributed by atoms with Crippen LogP contribution in [0.3, 0.4) is 0 Å². The van der Waals surface area contributed by atoms with Crippen molar-refractivity contribution in [2.75, 3.05) is 18.9 Å². The highest BCUT2D eigenvalue weighted by atomic mass is 32.2. The number of nitrogens with two attached hydrogens (primary N) is 1. The predicted octanol–water partition coefficient (Wildman–Crippen LogP) is 1.65. The lowest BCUT2D eigenvalue weighted by molar-refractivity contribution is 0.0626. The van der Waals surface area contributed by atoms with E-state index in [0.717, 1.165) is 31.7 Å². The number of hydrogen-bond acceptors (Lipinski definition) is 4. The number of rotatable bonds is 6. The van der Waals surface area contributed by atoms with Gasteiger partial charge >= 0.3 is 0 Å². The van der Waals surface area contributed by atoms with Gasteiger partial charge < -0.3 is 10.5 Å². The van der Waals surface area contributed by atoms with Crippen molar-refractivity contribution in [1.82, 2.24) is 4.72 Å². The standard InChI is InChI=1S/C13H19FN2O3S/c14-11-6-3-7-12(15)13(11)20(17,18)16-8-9-19-10-4-1-2-5-10/h3,6-7,10,16H,1-2,4-5,8-9,15H2. The molecule has 112 valence electrons. The van der Waals surface area contributed by atoms with E-state index in [1.54, 1.807) is 0 Å². The minimum absolute atomic E-state index is 0.103. The topological polar surface area (TPSA) is 81.4 Å². The van der Waals surface area contributed by atoms with E-state index in [4.69, 9.17) is 10.5 Å². The third kappa shape index (κ3) is 3.68. The molecule has 0 bridgehead atoms. The summed E-state index contributed by atoms with van der Waals surface area (Å²) >= 11 is 0. The van der Waals surface area contributed by atoms with E-state index in [1.165, 1.54) is 12.1 Å². The lowest BCUT2D eigenvalue weighted by Crippen LogP contribution is -2.29. The van der Waals surface area contributed by atoms with Crippen molar-refractivity contribution in [3.05, 3.63) is 24.0 Å². The molecule has 7 heteroatoms. The van der Waals surface area contributed by atoms with Crippen LogP contribution < -0.4 is 10.5 Å². The third-order valence-electron chi connectivity index (χ3n) is 3.32. The van der Waals surface area contributed by atoms with Crippen molar-refractivity contribution < 1.29 is 17.5 Å². The number of ether oxygens (including phenoxy) is 1. The minimum Gasteiger partial charge on any atom is -0.398 e. The van der Waals surface area contributed by atoms with E-state index < -0.39 is 20.7 Å². The summed E-state index contributed by atoms with van der Waals surface area (Å²) in [4.78, 5) is -0.499. The Labute approximate surface area is 118 Å². The first-order chi connectivity index (χ1) is 9.50. The molecule has 0 amide bonds. The van der Waals surface area contributed by atoms with E-state index in [2.05, 4.69) is 4.72 Å². The maximum absolute atomic E-state index is 13.6. The molecule has 0 aliphatic heterocycles. The molecule has 0 heterocycles. The van der Waals surface area contributed by atoms with E-state index in [9.17, 15) is 12.8 Å². The average molecular weight is 302 g/mol. The fraction of sp³-hybridized carbons (Fsp3) is 0.538. The molecular weight excluding hydrogens is 283 g/mol. The van der Waals surface area contributed by atoms with Crippen LogP contribution in [0, 0.1) is 5.82 Å². The molecule has 0 radical (unpaired) electrons. The van der Waals surface area contributed by atoms with Crippen LogP contribution in [0.1, 0.15) is 25.7 Å². The number of hydrogen-bond donors (Lipinski definition) is 2. The van der Waals surface area contributed by atoms with Crippen LogP contribution in [0.25, 0.3) is 0 Å². The van der Waals surface area contributed by atoms with Crippen LogP contribution in [-0.2, 0) is 14.8 Å². The van der Waals surface area contributed by atoms with Crippen LogP contribution in [0.2, 0.25) is 0 Å². The largest absolute Gasteiger partial charge is 0.398 e. The summed E-state index contributed by atoms with van der Waals surface area (Å²) in [5, 5.41) is 0. The molecule has 20 heavy (non-hydrogen) atoms. The molecule has 5 nitrogen and oxygen atoms in total. The van der Waals surface area contributed by atoms with Gasteiger partial charge in [-0.3, -0.25) is 0 Å². The van der Waals surface area contributed by atoms with Gasteiger partial charge in [-0.1, -0.05) is 18.9 Å². The number of sulfonamides is 1. The summed E-state index contributed by atoms with van der Waals surface area (Å²) in [5.41, 5.74) is 5.42. The second-order valence-corrected chi connectivity index (χ2v) is 6.54. The second-order valence-electron chi connectivity index (χ2n) is 4.83. The van der Waals surface area contributed by atoms with E-state index in [-0.39, 0.29) is 24.9 Å². The molecule has 0 atom stereocenters. The summed E-state index contributed by atoms with van der Waals surface area (Å²) in [5.74, 6) is -0.853. The lowest BCUT2D eigenvalue weighted by Gasteiger charge is -2.12. The molecule has 1 aromatic carbocycles. The molecule has 1 fully saturated rings. The molecule has 0 spiro atoms. The van der Waals surface area contributed by atoms with Gasteiger partial charge in [-0.15, -0.1) is 0 Å². The zero-order chi connectivity index (χ0) is 14.6. The molecule has 1 aromatic rings. The number of benzene rings is 1. The highest BCUT2D eigenvalue weighted by molar-refractivity contribution is 7.89. The summed E-state index contributed by atoms with van der Waals surface area (Å²) in [7, 11) is -3.95. The Balaban J connectivity index is 1.90. The predicted molar refractivity (Wildman–Crippen MR) is 74.2 cm³/mol. The van der Waals surface area contributed by atoms with Crippen molar-refractivity contribution in [3.8, 4) is 0 Å². The fourth-order valence-electron chi connectivity index (χ4n) is 2.34. The first kappa shape index (κ1) is 15.2. The van der Waals surface area contributed by atoms with Crippen molar-refractivity contribution in [2.24, 2.45) is 0 Å². The van der Waals surface area contributed by atoms with Gasteiger partial charge in [-0.05, 0) is 25.0 Å². The Morgan fingerprint density at radius 1 is 1.35 bits per heavy atom. The van der Waals surface area contributed by atoms with E-state index in [0.29, 0.717) is 0 Å². The maximum atomic E-state index is 13.6. The first-order valence-corrected chi connectivity index (χ1v) is 8.14. The quantitative estimate of drug-likeness (QED) is 0.618. The van der Waals surface area contributed by atoms with Gasteiger partial charge in [0, 0.05) is 6.54 Å². The number of nitrogens with one attached hydrogen (secondary N) is 1. The Hall–Kier alpha value is -1.18. The second kappa shape index (κ2) is 6.51. The van der Waals surface area contributed by atoms with Crippen LogP contribution in [0.5, 0.6) is 0 Å².